The maximum atomic E-state index is 13.9. The average Bonchev–Trinajstić information content (AvgIpc) is 3.48. The van der Waals surface area contributed by atoms with Gasteiger partial charge in [-0.3, -0.25) is 30.4 Å². The lowest BCUT2D eigenvalue weighted by molar-refractivity contribution is -0.387. The van der Waals surface area contributed by atoms with Crippen molar-refractivity contribution in [3.05, 3.63) is 86.5 Å². The van der Waals surface area contributed by atoms with Gasteiger partial charge in [-0.25, -0.2) is 13.4 Å². The second-order valence-electron chi connectivity index (χ2n) is 10.6. The minimum absolute atomic E-state index is 0.0263. The fourth-order valence-corrected chi connectivity index (χ4v) is 9.03. The van der Waals surface area contributed by atoms with E-state index in [4.69, 9.17) is 0 Å². The van der Waals surface area contributed by atoms with Crippen molar-refractivity contribution < 1.29 is 23.1 Å². The van der Waals surface area contributed by atoms with Gasteiger partial charge in [0.25, 0.3) is 11.4 Å². The van der Waals surface area contributed by atoms with E-state index in [-0.39, 0.29) is 35.3 Å². The van der Waals surface area contributed by atoms with Crippen LogP contribution in [-0.2, 0) is 14.8 Å². The summed E-state index contributed by atoms with van der Waals surface area (Å²) < 4.78 is 30.5. The number of thiazole rings is 1. The topological polar surface area (TPSA) is 181 Å². The lowest BCUT2D eigenvalue weighted by Gasteiger charge is -2.34. The molecule has 47 heavy (non-hydrogen) atoms. The zero-order valence-electron chi connectivity index (χ0n) is 25.4. The third kappa shape index (κ3) is 7.59. The van der Waals surface area contributed by atoms with Crippen molar-refractivity contribution in [2.75, 3.05) is 31.6 Å². The summed E-state index contributed by atoms with van der Waals surface area (Å²) in [6.07, 6.45) is 2.28. The highest BCUT2D eigenvalue weighted by atomic mass is 32.2. The molecule has 17 heteroatoms. The van der Waals surface area contributed by atoms with E-state index in [1.54, 1.807) is 17.0 Å². The highest BCUT2D eigenvalue weighted by Crippen LogP contribution is 2.39. The van der Waals surface area contributed by atoms with Gasteiger partial charge in [-0.05, 0) is 51.0 Å². The molecule has 0 radical (unpaired) electrons. The first kappa shape index (κ1) is 33.9. The highest BCUT2D eigenvalue weighted by Gasteiger charge is 2.36. The smallest absolute Gasteiger partial charge is 0.283 e. The van der Waals surface area contributed by atoms with Gasteiger partial charge in [0.05, 0.1) is 42.8 Å². The first-order valence-corrected chi connectivity index (χ1v) is 17.8. The number of para-hydroxylation sites is 1. The number of non-ortho nitro benzene ring substituents is 1. The molecular weight excluding hydrogens is 667 g/mol. The highest BCUT2D eigenvalue weighted by molar-refractivity contribution is 8.01. The number of nitrogens with one attached hydrogen (secondary N) is 1. The number of nitro benzene ring substituents is 2. The van der Waals surface area contributed by atoms with Gasteiger partial charge in [-0.1, -0.05) is 30.0 Å². The molecule has 1 amide bonds. The number of amides is 1. The molecule has 0 bridgehead atoms. The number of hydrazone groups is 1. The molecule has 1 N–H and O–H groups in total. The molecule has 4 aromatic rings. The van der Waals surface area contributed by atoms with Crippen LogP contribution in [0.15, 0.2) is 79.9 Å². The molecule has 0 unspecified atom stereocenters. The van der Waals surface area contributed by atoms with E-state index in [0.717, 1.165) is 22.3 Å². The first-order chi connectivity index (χ1) is 22.5. The Hall–Kier alpha value is -4.45. The fraction of sp³-hybridized carbons (Fsp3) is 0.300. The number of rotatable bonds is 12. The molecule has 2 heterocycles. The van der Waals surface area contributed by atoms with Crippen molar-refractivity contribution in [3.8, 4) is 0 Å². The van der Waals surface area contributed by atoms with Gasteiger partial charge in [0.15, 0.2) is 4.34 Å². The number of carbonyl (C=O) groups is 1. The molecule has 5 rings (SSSR count). The maximum Gasteiger partial charge on any atom is 0.283 e. The Bertz CT molecular complexity index is 1930. The number of anilines is 1. The molecule has 3 aromatic carbocycles. The molecule has 1 fully saturated rings. The molecule has 246 valence electrons. The van der Waals surface area contributed by atoms with Crippen molar-refractivity contribution in [1.29, 1.82) is 0 Å². The number of hydrogen-bond acceptors (Lipinski definition) is 12. The van der Waals surface area contributed by atoms with Crippen molar-refractivity contribution in [3.63, 3.8) is 0 Å². The summed E-state index contributed by atoms with van der Waals surface area (Å²) >= 11 is 2.61. The van der Waals surface area contributed by atoms with Crippen LogP contribution in [0.4, 0.5) is 17.1 Å². The predicted molar refractivity (Wildman–Crippen MR) is 181 cm³/mol. The number of fused-ring (bicyclic) bond motifs is 1. The number of aromatic nitrogens is 1. The number of nitrogens with zero attached hydrogens (tertiary/aromatic N) is 6. The zero-order valence-corrected chi connectivity index (χ0v) is 27.9. The molecule has 1 aliphatic heterocycles. The maximum absolute atomic E-state index is 13.9. The van der Waals surface area contributed by atoms with E-state index in [2.05, 4.69) is 15.5 Å². The summed E-state index contributed by atoms with van der Waals surface area (Å²) in [5.74, 6) is -0.659. The van der Waals surface area contributed by atoms with E-state index in [0.29, 0.717) is 40.7 Å². The van der Waals surface area contributed by atoms with Crippen molar-refractivity contribution >= 4 is 72.5 Å². The Morgan fingerprint density at radius 1 is 1.13 bits per heavy atom. The van der Waals surface area contributed by atoms with Gasteiger partial charge in [0.1, 0.15) is 4.90 Å². The third-order valence-corrected chi connectivity index (χ3v) is 11.7. The largest absolute Gasteiger partial charge is 0.343 e. The van der Waals surface area contributed by atoms with Gasteiger partial charge < -0.3 is 4.90 Å². The number of hydrogen-bond donors (Lipinski definition) is 1. The fourth-order valence-electron chi connectivity index (χ4n) is 5.23. The van der Waals surface area contributed by atoms with Gasteiger partial charge in [-0.15, -0.1) is 11.3 Å². The minimum Gasteiger partial charge on any atom is -0.343 e. The minimum atomic E-state index is -4.29. The van der Waals surface area contributed by atoms with E-state index in [9.17, 15) is 33.4 Å². The summed E-state index contributed by atoms with van der Waals surface area (Å²) in [6.45, 7) is 4.83. The summed E-state index contributed by atoms with van der Waals surface area (Å²) in [5.41, 5.74) is 3.20. The van der Waals surface area contributed by atoms with Crippen LogP contribution in [0.1, 0.15) is 32.3 Å². The van der Waals surface area contributed by atoms with Crippen molar-refractivity contribution in [2.45, 2.75) is 40.8 Å². The van der Waals surface area contributed by atoms with E-state index >= 15 is 0 Å². The average molecular weight is 698 g/mol. The Kier molecular flexibility index (Phi) is 10.5. The van der Waals surface area contributed by atoms with Crippen LogP contribution >= 0.6 is 23.1 Å². The predicted octanol–water partition coefficient (Wildman–Crippen LogP) is 5.98. The Balaban J connectivity index is 1.38. The quantitative estimate of drug-likeness (QED) is 0.105. The van der Waals surface area contributed by atoms with Crippen molar-refractivity contribution in [2.24, 2.45) is 11.0 Å². The molecule has 0 spiro atoms. The second kappa shape index (κ2) is 14.5. The van der Waals surface area contributed by atoms with Crippen LogP contribution in [0.2, 0.25) is 0 Å². The second-order valence-corrected chi connectivity index (χ2v) is 14.8. The van der Waals surface area contributed by atoms with Crippen LogP contribution in [-0.4, -0.2) is 70.8 Å². The first-order valence-electron chi connectivity index (χ1n) is 14.7. The van der Waals surface area contributed by atoms with Crippen LogP contribution in [0.5, 0.6) is 0 Å². The van der Waals surface area contributed by atoms with Gasteiger partial charge >= 0.3 is 0 Å². The van der Waals surface area contributed by atoms with Crippen LogP contribution in [0.3, 0.4) is 0 Å². The molecule has 0 aliphatic carbocycles. The Morgan fingerprint density at radius 2 is 1.89 bits per heavy atom. The SMILES string of the molecule is CCN(CC)C(=O)[C@H]1CCCN(S(=O)(=O)c2cc([N+](=O)[O-])ccc2N/N=C\c2ccc(Sc3nc4ccccc4s3)c([N+](=O)[O-])c2)C1. The standard InChI is InChI=1S/C30H31N7O7S3/c1-3-34(4-2)29(38)21-8-7-15-35(19-21)47(43,44)28-17-22(36(39)40)12-13-24(28)33-31-18-20-11-14-27(25(16-20)37(41)42)46-30-32-23-9-5-6-10-26(23)45-30/h5-6,9-14,16-18,21,33H,3-4,7-8,15,19H2,1-2H3/b31-18-/t21-/m0/s1. The van der Waals surface area contributed by atoms with Gasteiger partial charge in [-0.2, -0.15) is 9.41 Å². The van der Waals surface area contributed by atoms with Crippen LogP contribution in [0.25, 0.3) is 10.2 Å². The normalized spacial score (nSPS) is 15.6. The Labute approximate surface area is 278 Å². The lowest BCUT2D eigenvalue weighted by Crippen LogP contribution is -2.46. The number of sulfonamides is 1. The van der Waals surface area contributed by atoms with Gasteiger partial charge in [0.2, 0.25) is 15.9 Å². The summed E-state index contributed by atoms with van der Waals surface area (Å²) in [7, 11) is -4.29. The molecule has 1 atom stereocenters. The zero-order chi connectivity index (χ0) is 33.7. The van der Waals surface area contributed by atoms with E-state index < -0.39 is 31.5 Å². The van der Waals surface area contributed by atoms with Crippen LogP contribution in [0, 0.1) is 26.1 Å². The summed E-state index contributed by atoms with van der Waals surface area (Å²) in [4.78, 5) is 41.5. The molecule has 0 saturated carbocycles. The molecule has 1 aliphatic rings. The number of nitro groups is 2. The van der Waals surface area contributed by atoms with Crippen molar-refractivity contribution in [1.82, 2.24) is 14.2 Å². The molecule has 1 aromatic heterocycles. The third-order valence-electron chi connectivity index (χ3n) is 7.65. The summed E-state index contributed by atoms with van der Waals surface area (Å²) in [6, 6.07) is 15.5. The number of carbonyl (C=O) groups excluding carboxylic acids is 1. The number of piperidine rings is 1. The monoisotopic (exact) mass is 697 g/mol. The van der Waals surface area contributed by atoms with Crippen LogP contribution < -0.4 is 5.43 Å². The van der Waals surface area contributed by atoms with E-state index in [1.165, 1.54) is 45.8 Å². The summed E-state index contributed by atoms with van der Waals surface area (Å²) in [5, 5.41) is 27.6. The Morgan fingerprint density at radius 3 is 2.60 bits per heavy atom. The van der Waals surface area contributed by atoms with E-state index in [1.807, 2.05) is 38.1 Å². The van der Waals surface area contributed by atoms with Gasteiger partial charge in [0, 0.05) is 49.9 Å². The molecular formula is C30H31N7O7S3. The lowest BCUT2D eigenvalue weighted by atomic mass is 9.98. The molecule has 1 saturated heterocycles. The number of benzene rings is 3. The molecule has 14 nitrogen and oxygen atoms in total.